The summed E-state index contributed by atoms with van der Waals surface area (Å²) in [4.78, 5) is 11.1. The quantitative estimate of drug-likeness (QED) is 0.763. The van der Waals surface area contributed by atoms with E-state index in [0.29, 0.717) is 27.1 Å². The van der Waals surface area contributed by atoms with E-state index in [4.69, 9.17) is 39.9 Å². The summed E-state index contributed by atoms with van der Waals surface area (Å²) < 4.78 is 1.49. The van der Waals surface area contributed by atoms with Gasteiger partial charge < -0.3 is 5.11 Å². The number of benzene rings is 1. The second kappa shape index (κ2) is 5.18. The number of nitrogens with zero attached hydrogens (tertiary/aromatic N) is 3. The van der Waals surface area contributed by atoms with Crippen LogP contribution in [0.1, 0.15) is 10.4 Å². The number of aromatic nitrogens is 3. The van der Waals surface area contributed by atoms with Crippen molar-refractivity contribution in [3.63, 3.8) is 0 Å². The molecular weight excluding hydrogens is 337 g/mol. The Morgan fingerprint density at radius 1 is 1.10 bits per heavy atom. The molecule has 0 radical (unpaired) electrons. The molecule has 5 nitrogen and oxygen atoms in total. The SMILES string of the molecule is O=C(O)c1cc(Cl)c2nnc(-c3ccc(Cl)cc3Cl)n2c1. The van der Waals surface area contributed by atoms with Gasteiger partial charge in [0.15, 0.2) is 11.5 Å². The molecule has 0 bridgehead atoms. The molecular formula is C13H6Cl3N3O2. The van der Waals surface area contributed by atoms with E-state index in [2.05, 4.69) is 10.2 Å². The molecule has 0 aliphatic heterocycles. The third-order valence-electron chi connectivity index (χ3n) is 2.88. The third-order valence-corrected chi connectivity index (χ3v) is 3.70. The first kappa shape index (κ1) is 14.1. The lowest BCUT2D eigenvalue weighted by Crippen LogP contribution is -2.00. The highest BCUT2D eigenvalue weighted by atomic mass is 35.5. The van der Waals surface area contributed by atoms with Crippen molar-refractivity contribution < 1.29 is 9.90 Å². The van der Waals surface area contributed by atoms with Gasteiger partial charge in [-0.05, 0) is 24.3 Å². The Labute approximate surface area is 133 Å². The molecule has 3 rings (SSSR count). The van der Waals surface area contributed by atoms with Gasteiger partial charge in [-0.15, -0.1) is 10.2 Å². The van der Waals surface area contributed by atoms with Gasteiger partial charge >= 0.3 is 5.97 Å². The van der Waals surface area contributed by atoms with Gasteiger partial charge in [-0.2, -0.15) is 0 Å². The second-order valence-corrected chi connectivity index (χ2v) is 5.47. The molecule has 0 fully saturated rings. The largest absolute Gasteiger partial charge is 0.478 e. The maximum absolute atomic E-state index is 11.1. The summed E-state index contributed by atoms with van der Waals surface area (Å²) in [6.07, 6.45) is 1.39. The van der Waals surface area contributed by atoms with Crippen LogP contribution in [0.4, 0.5) is 0 Å². The maximum atomic E-state index is 11.1. The molecule has 1 aromatic carbocycles. The first-order chi connectivity index (χ1) is 9.97. The molecule has 106 valence electrons. The lowest BCUT2D eigenvalue weighted by Gasteiger charge is -2.05. The molecule has 2 aromatic heterocycles. The number of carboxylic acids is 1. The average Bonchev–Trinajstić information content (AvgIpc) is 2.83. The number of hydrogen-bond acceptors (Lipinski definition) is 3. The topological polar surface area (TPSA) is 67.5 Å². The number of halogens is 3. The van der Waals surface area contributed by atoms with Crippen LogP contribution in [0, 0.1) is 0 Å². The van der Waals surface area contributed by atoms with Gasteiger partial charge in [-0.1, -0.05) is 34.8 Å². The number of hydrogen-bond donors (Lipinski definition) is 1. The number of pyridine rings is 1. The minimum absolute atomic E-state index is 0.0265. The van der Waals surface area contributed by atoms with Crippen molar-refractivity contribution in [1.82, 2.24) is 14.6 Å². The van der Waals surface area contributed by atoms with Crippen molar-refractivity contribution >= 4 is 46.4 Å². The lowest BCUT2D eigenvalue weighted by molar-refractivity contribution is 0.0696. The van der Waals surface area contributed by atoms with Gasteiger partial charge in [-0.3, -0.25) is 4.40 Å². The first-order valence-corrected chi connectivity index (χ1v) is 6.84. The summed E-state index contributed by atoms with van der Waals surface area (Å²) >= 11 is 18.0. The average molecular weight is 343 g/mol. The zero-order valence-electron chi connectivity index (χ0n) is 10.2. The fraction of sp³-hybridized carbons (Fsp3) is 0. The molecule has 2 heterocycles. The number of carbonyl (C=O) groups is 1. The summed E-state index contributed by atoms with van der Waals surface area (Å²) in [5.74, 6) is -0.711. The van der Waals surface area contributed by atoms with E-state index in [1.807, 2.05) is 0 Å². The van der Waals surface area contributed by atoms with Crippen molar-refractivity contribution in [2.75, 3.05) is 0 Å². The van der Waals surface area contributed by atoms with E-state index in [1.54, 1.807) is 18.2 Å². The fourth-order valence-corrected chi connectivity index (χ4v) is 2.66. The lowest BCUT2D eigenvalue weighted by atomic mass is 10.2. The van der Waals surface area contributed by atoms with Gasteiger partial charge in [0.05, 0.1) is 15.6 Å². The molecule has 8 heteroatoms. The molecule has 0 amide bonds. The summed E-state index contributed by atoms with van der Waals surface area (Å²) in [6, 6.07) is 6.23. The van der Waals surface area contributed by atoms with Gasteiger partial charge in [0.25, 0.3) is 0 Å². The maximum Gasteiger partial charge on any atom is 0.337 e. The van der Waals surface area contributed by atoms with E-state index in [0.717, 1.165) is 0 Å². The fourth-order valence-electron chi connectivity index (χ4n) is 1.93. The standard InChI is InChI=1S/C13H6Cl3N3O2/c14-7-1-2-8(9(15)4-7)11-17-18-12-10(16)3-6(13(20)21)5-19(11)12/h1-5H,(H,20,21). The van der Waals surface area contributed by atoms with Crippen LogP contribution in [0.5, 0.6) is 0 Å². The van der Waals surface area contributed by atoms with E-state index in [9.17, 15) is 4.79 Å². The van der Waals surface area contributed by atoms with Crippen molar-refractivity contribution in [1.29, 1.82) is 0 Å². The van der Waals surface area contributed by atoms with Gasteiger partial charge in [0.1, 0.15) is 0 Å². The Hall–Kier alpha value is -1.82. The van der Waals surface area contributed by atoms with Crippen LogP contribution in [-0.2, 0) is 0 Å². The summed E-state index contributed by atoms with van der Waals surface area (Å²) in [5.41, 5.74) is 0.952. The molecule has 0 saturated carbocycles. The zero-order chi connectivity index (χ0) is 15.1. The van der Waals surface area contributed by atoms with Crippen LogP contribution in [0.15, 0.2) is 30.5 Å². The minimum Gasteiger partial charge on any atom is -0.478 e. The predicted octanol–water partition coefficient (Wildman–Crippen LogP) is 4.05. The van der Waals surface area contributed by atoms with Crippen molar-refractivity contribution in [2.45, 2.75) is 0 Å². The molecule has 3 aromatic rings. The Kier molecular flexibility index (Phi) is 3.49. The molecule has 0 aliphatic rings. The van der Waals surface area contributed by atoms with Crippen molar-refractivity contribution in [2.24, 2.45) is 0 Å². The highest BCUT2D eigenvalue weighted by molar-refractivity contribution is 6.36. The van der Waals surface area contributed by atoms with Crippen LogP contribution in [0.25, 0.3) is 17.0 Å². The highest BCUT2D eigenvalue weighted by Gasteiger charge is 2.16. The van der Waals surface area contributed by atoms with Crippen LogP contribution in [0.3, 0.4) is 0 Å². The molecule has 0 saturated heterocycles. The zero-order valence-corrected chi connectivity index (χ0v) is 12.5. The van der Waals surface area contributed by atoms with Crippen LogP contribution in [-0.4, -0.2) is 25.7 Å². The third kappa shape index (κ3) is 2.44. The number of carboxylic acid groups (broad SMARTS) is 1. The van der Waals surface area contributed by atoms with E-state index >= 15 is 0 Å². The highest BCUT2D eigenvalue weighted by Crippen LogP contribution is 2.30. The number of fused-ring (bicyclic) bond motifs is 1. The van der Waals surface area contributed by atoms with E-state index < -0.39 is 5.97 Å². The molecule has 1 N–H and O–H groups in total. The van der Waals surface area contributed by atoms with Gasteiger partial charge in [0.2, 0.25) is 0 Å². The molecule has 0 unspecified atom stereocenters. The Balaban J connectivity index is 2.30. The molecule has 0 aliphatic carbocycles. The Morgan fingerprint density at radius 3 is 2.52 bits per heavy atom. The van der Waals surface area contributed by atoms with Crippen molar-refractivity contribution in [3.8, 4) is 11.4 Å². The normalized spacial score (nSPS) is 11.0. The predicted molar refractivity (Wildman–Crippen MR) is 80.4 cm³/mol. The second-order valence-electron chi connectivity index (χ2n) is 4.22. The van der Waals surface area contributed by atoms with Crippen LogP contribution >= 0.6 is 34.8 Å². The van der Waals surface area contributed by atoms with Crippen molar-refractivity contribution in [3.05, 3.63) is 51.1 Å². The molecule has 0 atom stereocenters. The number of aromatic carboxylic acids is 1. The smallest absolute Gasteiger partial charge is 0.337 e. The summed E-state index contributed by atoms with van der Waals surface area (Å²) in [6.45, 7) is 0. The first-order valence-electron chi connectivity index (χ1n) is 5.70. The van der Waals surface area contributed by atoms with Gasteiger partial charge in [0, 0.05) is 16.8 Å². The Morgan fingerprint density at radius 2 is 1.86 bits per heavy atom. The van der Waals surface area contributed by atoms with E-state index in [-0.39, 0.29) is 10.6 Å². The molecule has 21 heavy (non-hydrogen) atoms. The number of rotatable bonds is 2. The van der Waals surface area contributed by atoms with Crippen LogP contribution in [0.2, 0.25) is 15.1 Å². The van der Waals surface area contributed by atoms with Crippen LogP contribution < -0.4 is 0 Å². The minimum atomic E-state index is -1.10. The van der Waals surface area contributed by atoms with E-state index in [1.165, 1.54) is 16.7 Å². The van der Waals surface area contributed by atoms with Gasteiger partial charge in [-0.25, -0.2) is 4.79 Å². The molecule has 0 spiro atoms. The summed E-state index contributed by atoms with van der Waals surface area (Å²) in [5, 5.41) is 18.1. The monoisotopic (exact) mass is 341 g/mol. The Bertz CT molecular complexity index is 876. The summed E-state index contributed by atoms with van der Waals surface area (Å²) in [7, 11) is 0.